The predicted octanol–water partition coefficient (Wildman–Crippen LogP) is 3.36. The molecule has 0 unspecified atom stereocenters. The molecular formula is C16H14FN3O. The van der Waals surface area contributed by atoms with Gasteiger partial charge in [-0.3, -0.25) is 0 Å². The molecule has 0 aliphatic carbocycles. The molecule has 4 nitrogen and oxygen atoms in total. The minimum absolute atomic E-state index is 0.106. The van der Waals surface area contributed by atoms with Crippen molar-refractivity contribution in [1.29, 1.82) is 0 Å². The Morgan fingerprint density at radius 3 is 2.71 bits per heavy atom. The Kier molecular flexibility index (Phi) is 3.39. The number of rotatable bonds is 3. The van der Waals surface area contributed by atoms with Crippen LogP contribution in [0, 0.1) is 12.7 Å². The number of aromatic nitrogens is 2. The van der Waals surface area contributed by atoms with E-state index in [4.69, 9.17) is 10.3 Å². The minimum Gasteiger partial charge on any atom is -0.398 e. The van der Waals surface area contributed by atoms with Crippen LogP contribution in [-0.4, -0.2) is 10.1 Å². The number of nitrogens with zero attached hydrogens (tertiary/aromatic N) is 2. The standard InChI is InChI=1S/C16H14FN3O/c1-10-5-2-3-6-11(10)9-14-19-16(21-20-14)15-12(17)7-4-8-13(15)18/h2-8H,9,18H2,1H3. The summed E-state index contributed by atoms with van der Waals surface area (Å²) in [4.78, 5) is 4.24. The largest absolute Gasteiger partial charge is 0.398 e. The maximum absolute atomic E-state index is 13.8. The lowest BCUT2D eigenvalue weighted by Gasteiger charge is -2.01. The summed E-state index contributed by atoms with van der Waals surface area (Å²) in [7, 11) is 0. The van der Waals surface area contributed by atoms with Crippen LogP contribution in [0.25, 0.3) is 11.5 Å². The van der Waals surface area contributed by atoms with Crippen molar-refractivity contribution in [2.45, 2.75) is 13.3 Å². The van der Waals surface area contributed by atoms with E-state index >= 15 is 0 Å². The van der Waals surface area contributed by atoms with Crippen LogP contribution >= 0.6 is 0 Å². The zero-order chi connectivity index (χ0) is 14.8. The van der Waals surface area contributed by atoms with E-state index in [1.165, 1.54) is 6.07 Å². The van der Waals surface area contributed by atoms with Gasteiger partial charge in [-0.25, -0.2) is 4.39 Å². The maximum atomic E-state index is 13.8. The van der Waals surface area contributed by atoms with Gasteiger partial charge in [0.15, 0.2) is 5.82 Å². The van der Waals surface area contributed by atoms with E-state index in [2.05, 4.69) is 10.1 Å². The summed E-state index contributed by atoms with van der Waals surface area (Å²) >= 11 is 0. The van der Waals surface area contributed by atoms with Crippen LogP contribution in [0.4, 0.5) is 10.1 Å². The molecule has 0 radical (unpaired) electrons. The van der Waals surface area contributed by atoms with Gasteiger partial charge in [0.1, 0.15) is 5.82 Å². The minimum atomic E-state index is -0.471. The van der Waals surface area contributed by atoms with E-state index in [1.54, 1.807) is 12.1 Å². The van der Waals surface area contributed by atoms with Crippen molar-refractivity contribution in [2.75, 3.05) is 5.73 Å². The van der Waals surface area contributed by atoms with Crippen molar-refractivity contribution >= 4 is 5.69 Å². The second kappa shape index (κ2) is 5.36. The fraction of sp³-hybridized carbons (Fsp3) is 0.125. The van der Waals surface area contributed by atoms with Gasteiger partial charge in [0.05, 0.1) is 5.56 Å². The molecule has 0 amide bonds. The maximum Gasteiger partial charge on any atom is 0.263 e. The Labute approximate surface area is 121 Å². The molecule has 0 atom stereocenters. The van der Waals surface area contributed by atoms with Crippen molar-refractivity contribution in [1.82, 2.24) is 10.1 Å². The molecule has 106 valence electrons. The van der Waals surface area contributed by atoms with Gasteiger partial charge >= 0.3 is 0 Å². The summed E-state index contributed by atoms with van der Waals surface area (Å²) in [5.74, 6) is 0.136. The average molecular weight is 283 g/mol. The number of benzene rings is 2. The van der Waals surface area contributed by atoms with Crippen LogP contribution in [-0.2, 0) is 6.42 Å². The van der Waals surface area contributed by atoms with Gasteiger partial charge in [-0.2, -0.15) is 4.98 Å². The summed E-state index contributed by atoms with van der Waals surface area (Å²) < 4.78 is 19.0. The highest BCUT2D eigenvalue weighted by Gasteiger charge is 2.16. The lowest BCUT2D eigenvalue weighted by atomic mass is 10.1. The summed E-state index contributed by atoms with van der Waals surface area (Å²) in [5, 5.41) is 3.90. The second-order valence-corrected chi connectivity index (χ2v) is 4.82. The number of aryl methyl sites for hydroxylation is 1. The third-order valence-corrected chi connectivity index (χ3v) is 3.34. The first-order valence-corrected chi connectivity index (χ1v) is 6.56. The lowest BCUT2D eigenvalue weighted by molar-refractivity contribution is 0.422. The topological polar surface area (TPSA) is 64.9 Å². The molecule has 0 spiro atoms. The smallest absolute Gasteiger partial charge is 0.263 e. The van der Waals surface area contributed by atoms with Crippen molar-refractivity contribution < 1.29 is 8.91 Å². The van der Waals surface area contributed by atoms with Crippen molar-refractivity contribution in [3.63, 3.8) is 0 Å². The third kappa shape index (κ3) is 2.63. The molecule has 1 aromatic heterocycles. The van der Waals surface area contributed by atoms with Gasteiger partial charge in [-0.05, 0) is 30.2 Å². The quantitative estimate of drug-likeness (QED) is 0.748. The first kappa shape index (κ1) is 13.3. The number of hydrogen-bond acceptors (Lipinski definition) is 4. The second-order valence-electron chi connectivity index (χ2n) is 4.82. The number of anilines is 1. The summed E-state index contributed by atoms with van der Waals surface area (Å²) in [5.41, 5.74) is 8.45. The number of nitrogen functional groups attached to an aromatic ring is 1. The molecule has 0 saturated heterocycles. The number of hydrogen-bond donors (Lipinski definition) is 1. The van der Waals surface area contributed by atoms with E-state index < -0.39 is 5.82 Å². The lowest BCUT2D eigenvalue weighted by Crippen LogP contribution is -1.95. The highest BCUT2D eigenvalue weighted by Crippen LogP contribution is 2.27. The molecule has 0 aliphatic heterocycles. The van der Waals surface area contributed by atoms with Crippen LogP contribution in [0.1, 0.15) is 17.0 Å². The molecule has 0 saturated carbocycles. The molecule has 3 rings (SSSR count). The molecule has 2 aromatic carbocycles. The van der Waals surface area contributed by atoms with E-state index in [0.29, 0.717) is 12.2 Å². The van der Waals surface area contributed by atoms with Crippen molar-refractivity contribution in [2.24, 2.45) is 0 Å². The van der Waals surface area contributed by atoms with Gasteiger partial charge in [-0.1, -0.05) is 35.5 Å². The normalized spacial score (nSPS) is 10.8. The molecule has 1 heterocycles. The van der Waals surface area contributed by atoms with Crippen molar-refractivity contribution in [3.8, 4) is 11.5 Å². The third-order valence-electron chi connectivity index (χ3n) is 3.34. The van der Waals surface area contributed by atoms with E-state index in [1.807, 2.05) is 31.2 Å². The average Bonchev–Trinajstić information content (AvgIpc) is 2.89. The molecule has 21 heavy (non-hydrogen) atoms. The van der Waals surface area contributed by atoms with Crippen molar-refractivity contribution in [3.05, 3.63) is 65.2 Å². The molecule has 0 bridgehead atoms. The Morgan fingerprint density at radius 1 is 1.14 bits per heavy atom. The highest BCUT2D eigenvalue weighted by atomic mass is 19.1. The van der Waals surface area contributed by atoms with Crippen LogP contribution in [0.2, 0.25) is 0 Å². The van der Waals surface area contributed by atoms with Gasteiger partial charge < -0.3 is 10.3 Å². The first-order valence-electron chi connectivity index (χ1n) is 6.56. The van der Waals surface area contributed by atoms with E-state index in [0.717, 1.165) is 11.1 Å². The zero-order valence-electron chi connectivity index (χ0n) is 11.5. The SMILES string of the molecule is Cc1ccccc1Cc1noc(-c2c(N)cccc2F)n1. The monoisotopic (exact) mass is 283 g/mol. The van der Waals surface area contributed by atoms with Crippen LogP contribution in [0.15, 0.2) is 47.0 Å². The molecule has 5 heteroatoms. The molecule has 0 aliphatic rings. The number of nitrogens with two attached hydrogens (primary N) is 1. The highest BCUT2D eigenvalue weighted by molar-refractivity contribution is 5.70. The van der Waals surface area contributed by atoms with Crippen LogP contribution in [0.5, 0.6) is 0 Å². The Hall–Kier alpha value is -2.69. The molecule has 0 fully saturated rings. The summed E-state index contributed by atoms with van der Waals surface area (Å²) in [6.45, 7) is 2.02. The molecule has 3 aromatic rings. The molecule has 2 N–H and O–H groups in total. The first-order chi connectivity index (χ1) is 10.1. The fourth-order valence-electron chi connectivity index (χ4n) is 2.17. The van der Waals surface area contributed by atoms with Gasteiger partial charge in [0.25, 0.3) is 5.89 Å². The Balaban J connectivity index is 1.92. The van der Waals surface area contributed by atoms with Gasteiger partial charge in [0.2, 0.25) is 0 Å². The van der Waals surface area contributed by atoms with Gasteiger partial charge in [-0.15, -0.1) is 0 Å². The van der Waals surface area contributed by atoms with Crippen LogP contribution < -0.4 is 5.73 Å². The summed E-state index contributed by atoms with van der Waals surface area (Å²) in [6.07, 6.45) is 0.532. The van der Waals surface area contributed by atoms with E-state index in [-0.39, 0.29) is 17.1 Å². The summed E-state index contributed by atoms with van der Waals surface area (Å²) in [6, 6.07) is 12.4. The van der Waals surface area contributed by atoms with Gasteiger partial charge in [0, 0.05) is 12.1 Å². The predicted molar refractivity (Wildman–Crippen MR) is 78.1 cm³/mol. The molecular weight excluding hydrogens is 269 g/mol. The Bertz CT molecular complexity index is 762. The van der Waals surface area contributed by atoms with Crippen LogP contribution in [0.3, 0.4) is 0 Å². The fourth-order valence-corrected chi connectivity index (χ4v) is 2.17. The zero-order valence-corrected chi connectivity index (χ0v) is 11.5. The Morgan fingerprint density at radius 2 is 1.95 bits per heavy atom. The van der Waals surface area contributed by atoms with E-state index in [9.17, 15) is 4.39 Å². The number of halogens is 1.